The third-order valence-electron chi connectivity index (χ3n) is 5.70. The van der Waals surface area contributed by atoms with Crippen molar-refractivity contribution in [2.24, 2.45) is 4.99 Å². The number of anilines is 1. The van der Waals surface area contributed by atoms with E-state index in [2.05, 4.69) is 22.4 Å². The Morgan fingerprint density at radius 2 is 1.82 bits per heavy atom. The molecule has 1 aromatic heterocycles. The zero-order valence-electron chi connectivity index (χ0n) is 19.0. The molecule has 0 fully saturated rings. The third kappa shape index (κ3) is 5.71. The topological polar surface area (TPSA) is 74.7 Å². The fraction of sp³-hybridized carbons (Fsp3) is 0.259. The predicted octanol–water partition coefficient (Wildman–Crippen LogP) is 4.39. The average Bonchev–Trinajstić information content (AvgIpc) is 2.95. The normalized spacial score (nSPS) is 14.2. The summed E-state index contributed by atoms with van der Waals surface area (Å²) < 4.78 is 0. The van der Waals surface area contributed by atoms with Crippen LogP contribution in [0.1, 0.15) is 36.5 Å². The molecular weight excluding hydrogens is 412 g/mol. The summed E-state index contributed by atoms with van der Waals surface area (Å²) in [7, 11) is 0. The van der Waals surface area contributed by atoms with Crippen LogP contribution in [0.5, 0.6) is 0 Å². The van der Waals surface area contributed by atoms with Crippen LogP contribution in [-0.2, 0) is 16.0 Å². The van der Waals surface area contributed by atoms with Gasteiger partial charge in [0.25, 0.3) is 0 Å². The van der Waals surface area contributed by atoms with Crippen molar-refractivity contribution in [3.63, 3.8) is 0 Å². The largest absolute Gasteiger partial charge is 0.352 e. The van der Waals surface area contributed by atoms with Crippen molar-refractivity contribution in [2.45, 2.75) is 39.2 Å². The number of pyridine rings is 1. The molecule has 6 heteroatoms. The van der Waals surface area contributed by atoms with E-state index in [1.165, 1.54) is 10.5 Å². The number of nitrogens with one attached hydrogen (secondary N) is 1. The molecule has 0 radical (unpaired) electrons. The molecule has 4 rings (SSSR count). The number of hydrogen-bond donors (Lipinski definition) is 1. The average molecular weight is 441 g/mol. The van der Waals surface area contributed by atoms with Crippen molar-refractivity contribution in [3.8, 4) is 0 Å². The molecule has 0 saturated carbocycles. The highest BCUT2D eigenvalue weighted by Crippen LogP contribution is 2.30. The molecule has 33 heavy (non-hydrogen) atoms. The zero-order valence-corrected chi connectivity index (χ0v) is 19.0. The summed E-state index contributed by atoms with van der Waals surface area (Å²) in [5.41, 5.74) is 4.53. The summed E-state index contributed by atoms with van der Waals surface area (Å²) in [6.45, 7) is 3.91. The molecule has 6 nitrogen and oxygen atoms in total. The van der Waals surface area contributed by atoms with Gasteiger partial charge >= 0.3 is 0 Å². The number of benzene rings is 2. The van der Waals surface area contributed by atoms with Gasteiger partial charge in [-0.15, -0.1) is 0 Å². The summed E-state index contributed by atoms with van der Waals surface area (Å²) in [6.07, 6.45) is 3.42. The molecule has 0 saturated heterocycles. The van der Waals surface area contributed by atoms with Crippen LogP contribution < -0.4 is 10.2 Å². The smallest absolute Gasteiger partial charge is 0.240 e. The third-order valence-corrected chi connectivity index (χ3v) is 5.70. The molecule has 2 heterocycles. The molecule has 0 bridgehead atoms. The molecule has 3 aromatic rings. The van der Waals surface area contributed by atoms with E-state index < -0.39 is 0 Å². The van der Waals surface area contributed by atoms with Crippen LogP contribution in [0, 0.1) is 6.92 Å². The number of aromatic nitrogens is 1. The van der Waals surface area contributed by atoms with Crippen molar-refractivity contribution in [1.29, 1.82) is 0 Å². The van der Waals surface area contributed by atoms with E-state index in [4.69, 9.17) is 4.99 Å². The van der Waals surface area contributed by atoms with Gasteiger partial charge in [-0.25, -0.2) is 9.98 Å². The monoisotopic (exact) mass is 440 g/mol. The molecule has 168 valence electrons. The number of carbonyl (C=O) groups excluding carboxylic acids is 2. The number of nitrogens with zero attached hydrogens (tertiary/aromatic N) is 3. The molecule has 0 aliphatic carbocycles. The van der Waals surface area contributed by atoms with Gasteiger partial charge in [0, 0.05) is 12.2 Å². The summed E-state index contributed by atoms with van der Waals surface area (Å²) in [5, 5.41) is 3.02. The minimum atomic E-state index is -0.209. The van der Waals surface area contributed by atoms with Crippen LogP contribution in [-0.4, -0.2) is 35.1 Å². The number of aryl methyl sites for hydroxylation is 2. The first-order valence-corrected chi connectivity index (χ1v) is 11.2. The standard InChI is InChI=1S/C27H28N4O2/c1-19-10-14-22(15-11-19)24-17-26(33)31(27-23(30-24)9-6-16-28-27)18-25(32)29-20(2)12-13-21-7-4-3-5-8-21/h3-11,14-16,20H,12-13,17-18H2,1-2H3,(H,29,32)/t20-/m1/s1. The fourth-order valence-electron chi connectivity index (χ4n) is 3.87. The van der Waals surface area contributed by atoms with E-state index in [1.807, 2.05) is 62.4 Å². The van der Waals surface area contributed by atoms with Crippen LogP contribution in [0.15, 0.2) is 77.9 Å². The number of hydrogen-bond acceptors (Lipinski definition) is 4. The minimum Gasteiger partial charge on any atom is -0.352 e. The maximum absolute atomic E-state index is 13.2. The fourth-order valence-corrected chi connectivity index (χ4v) is 3.87. The highest BCUT2D eigenvalue weighted by atomic mass is 16.2. The van der Waals surface area contributed by atoms with Gasteiger partial charge in [-0.2, -0.15) is 0 Å². The van der Waals surface area contributed by atoms with Gasteiger partial charge in [0.05, 0.1) is 12.1 Å². The molecule has 0 spiro atoms. The molecule has 1 aliphatic rings. The maximum Gasteiger partial charge on any atom is 0.240 e. The lowest BCUT2D eigenvalue weighted by molar-refractivity contribution is -0.123. The van der Waals surface area contributed by atoms with Crippen molar-refractivity contribution in [3.05, 3.63) is 89.6 Å². The first kappa shape index (κ1) is 22.4. The SMILES string of the molecule is Cc1ccc(C2=Nc3cccnc3N(CC(=O)N[C@H](C)CCc3ccccc3)C(=O)C2)cc1. The predicted molar refractivity (Wildman–Crippen MR) is 131 cm³/mol. The Hall–Kier alpha value is -3.80. The molecule has 2 amide bonds. The Bertz CT molecular complexity index is 1160. The van der Waals surface area contributed by atoms with E-state index in [9.17, 15) is 9.59 Å². The van der Waals surface area contributed by atoms with Gasteiger partial charge in [0.15, 0.2) is 5.82 Å². The number of amides is 2. The summed E-state index contributed by atoms with van der Waals surface area (Å²) in [6, 6.07) is 21.7. The summed E-state index contributed by atoms with van der Waals surface area (Å²) in [5.74, 6) is 0.00913. The van der Waals surface area contributed by atoms with Gasteiger partial charge in [-0.05, 0) is 49.9 Å². The van der Waals surface area contributed by atoms with E-state index in [-0.39, 0.29) is 30.8 Å². The second-order valence-electron chi connectivity index (χ2n) is 8.42. The van der Waals surface area contributed by atoms with E-state index in [1.54, 1.807) is 12.3 Å². The first-order chi connectivity index (χ1) is 16.0. The second-order valence-corrected chi connectivity index (χ2v) is 8.42. The molecule has 1 atom stereocenters. The zero-order chi connectivity index (χ0) is 23.2. The number of fused-ring (bicyclic) bond motifs is 1. The molecule has 0 unspecified atom stereocenters. The Balaban J connectivity index is 1.45. The van der Waals surface area contributed by atoms with E-state index >= 15 is 0 Å². The number of rotatable bonds is 7. The van der Waals surface area contributed by atoms with Crippen molar-refractivity contribution >= 4 is 29.0 Å². The van der Waals surface area contributed by atoms with Crippen molar-refractivity contribution in [2.75, 3.05) is 11.4 Å². The molecular formula is C27H28N4O2. The Morgan fingerprint density at radius 1 is 1.06 bits per heavy atom. The van der Waals surface area contributed by atoms with Crippen LogP contribution in [0.4, 0.5) is 11.5 Å². The lowest BCUT2D eigenvalue weighted by Gasteiger charge is -2.22. The van der Waals surface area contributed by atoms with Gasteiger partial charge in [-0.3, -0.25) is 14.5 Å². The lowest BCUT2D eigenvalue weighted by atomic mass is 10.1. The minimum absolute atomic E-state index is 0.0117. The van der Waals surface area contributed by atoms with Crippen molar-refractivity contribution < 1.29 is 9.59 Å². The second kappa shape index (κ2) is 10.2. The lowest BCUT2D eigenvalue weighted by Crippen LogP contribution is -2.44. The highest BCUT2D eigenvalue weighted by molar-refractivity contribution is 6.18. The number of aliphatic imine (C=N–C) groups is 1. The van der Waals surface area contributed by atoms with Gasteiger partial charge < -0.3 is 5.32 Å². The molecule has 2 aromatic carbocycles. The Morgan fingerprint density at radius 3 is 2.58 bits per heavy atom. The number of carbonyl (C=O) groups is 2. The highest BCUT2D eigenvalue weighted by Gasteiger charge is 2.28. The first-order valence-electron chi connectivity index (χ1n) is 11.2. The Kier molecular flexibility index (Phi) is 6.93. The van der Waals surface area contributed by atoms with Gasteiger partial charge in [-0.1, -0.05) is 60.2 Å². The summed E-state index contributed by atoms with van der Waals surface area (Å²) >= 11 is 0. The van der Waals surface area contributed by atoms with E-state index in [0.717, 1.165) is 24.0 Å². The molecule has 1 aliphatic heterocycles. The van der Waals surface area contributed by atoms with Crippen LogP contribution in [0.3, 0.4) is 0 Å². The van der Waals surface area contributed by atoms with Crippen LogP contribution in [0.25, 0.3) is 0 Å². The van der Waals surface area contributed by atoms with Gasteiger partial charge in [0.1, 0.15) is 12.2 Å². The molecule has 1 N–H and O–H groups in total. The van der Waals surface area contributed by atoms with Crippen LogP contribution >= 0.6 is 0 Å². The summed E-state index contributed by atoms with van der Waals surface area (Å²) in [4.78, 5) is 36.6. The van der Waals surface area contributed by atoms with Crippen molar-refractivity contribution in [1.82, 2.24) is 10.3 Å². The van der Waals surface area contributed by atoms with E-state index in [0.29, 0.717) is 17.2 Å². The van der Waals surface area contributed by atoms with Gasteiger partial charge in [0.2, 0.25) is 11.8 Å². The Labute approximate surface area is 194 Å². The maximum atomic E-state index is 13.2. The van der Waals surface area contributed by atoms with Crippen LogP contribution in [0.2, 0.25) is 0 Å². The quantitative estimate of drug-likeness (QED) is 0.592.